The summed E-state index contributed by atoms with van der Waals surface area (Å²) in [6.45, 7) is 1.97. The Balaban J connectivity index is 2.22. The Morgan fingerprint density at radius 2 is 1.83 bits per heavy atom. The zero-order valence-corrected chi connectivity index (χ0v) is 13.3. The summed E-state index contributed by atoms with van der Waals surface area (Å²) < 4.78 is 12.1. The molecule has 1 heterocycles. The Morgan fingerprint density at radius 3 is 2.52 bits per heavy atom. The summed E-state index contributed by atoms with van der Waals surface area (Å²) in [6, 6.07) is 13.1. The minimum absolute atomic E-state index is 0.114. The first-order valence-electron chi connectivity index (χ1n) is 7.28. The molecule has 3 aromatic rings. The molecule has 118 valence electrons. The van der Waals surface area contributed by atoms with Gasteiger partial charge in [0.2, 0.25) is 0 Å². The molecule has 0 N–H and O–H groups in total. The number of rotatable bonds is 4. The normalized spacial score (nSPS) is 11.3. The highest BCUT2D eigenvalue weighted by atomic mass is 16.7. The van der Waals surface area contributed by atoms with Gasteiger partial charge in [-0.25, -0.2) is 4.98 Å². The number of aryl methyl sites for hydroxylation is 1. The van der Waals surface area contributed by atoms with Gasteiger partial charge in [-0.3, -0.25) is 9.36 Å². The fraction of sp³-hybridized carbons (Fsp3) is 0.222. The van der Waals surface area contributed by atoms with Crippen molar-refractivity contribution < 1.29 is 9.47 Å². The van der Waals surface area contributed by atoms with Crippen LogP contribution in [0.2, 0.25) is 0 Å². The van der Waals surface area contributed by atoms with Gasteiger partial charge >= 0.3 is 0 Å². The van der Waals surface area contributed by atoms with Crippen LogP contribution in [0.4, 0.5) is 0 Å². The number of hydrogen-bond acceptors (Lipinski definition) is 4. The van der Waals surface area contributed by atoms with Crippen LogP contribution in [-0.2, 0) is 9.47 Å². The quantitative estimate of drug-likeness (QED) is 0.695. The number of fused-ring (bicyclic) bond motifs is 1. The summed E-state index contributed by atoms with van der Waals surface area (Å²) in [5.74, 6) is 0. The van der Waals surface area contributed by atoms with Crippen LogP contribution in [0, 0.1) is 6.92 Å². The third-order valence-corrected chi connectivity index (χ3v) is 3.86. The molecule has 2 aromatic carbocycles. The van der Waals surface area contributed by atoms with Crippen LogP contribution in [0.25, 0.3) is 16.6 Å². The monoisotopic (exact) mass is 310 g/mol. The van der Waals surface area contributed by atoms with E-state index in [2.05, 4.69) is 4.98 Å². The van der Waals surface area contributed by atoms with Gasteiger partial charge in [0.05, 0.1) is 16.6 Å². The van der Waals surface area contributed by atoms with Crippen molar-refractivity contribution in [2.24, 2.45) is 0 Å². The molecule has 0 spiro atoms. The maximum atomic E-state index is 12.9. The predicted molar refractivity (Wildman–Crippen MR) is 88.8 cm³/mol. The highest BCUT2D eigenvalue weighted by Gasteiger charge is 2.13. The molecular formula is C18H18N2O3. The topological polar surface area (TPSA) is 53.4 Å². The smallest absolute Gasteiger partial charge is 0.265 e. The Kier molecular flexibility index (Phi) is 4.23. The fourth-order valence-electron chi connectivity index (χ4n) is 2.66. The van der Waals surface area contributed by atoms with Crippen molar-refractivity contribution >= 4 is 10.9 Å². The van der Waals surface area contributed by atoms with Crippen molar-refractivity contribution in [3.8, 4) is 5.69 Å². The van der Waals surface area contributed by atoms with Crippen molar-refractivity contribution in [1.82, 2.24) is 9.55 Å². The van der Waals surface area contributed by atoms with Crippen LogP contribution in [0.3, 0.4) is 0 Å². The molecule has 3 rings (SSSR count). The molecule has 0 fully saturated rings. The zero-order chi connectivity index (χ0) is 16.4. The molecule has 23 heavy (non-hydrogen) atoms. The van der Waals surface area contributed by atoms with E-state index in [9.17, 15) is 4.79 Å². The Morgan fingerprint density at radius 1 is 1.09 bits per heavy atom. The van der Waals surface area contributed by atoms with Gasteiger partial charge in [-0.1, -0.05) is 24.3 Å². The zero-order valence-electron chi connectivity index (χ0n) is 13.3. The second-order valence-electron chi connectivity index (χ2n) is 5.29. The first-order chi connectivity index (χ1) is 11.2. The molecule has 0 unspecified atom stereocenters. The SMILES string of the molecule is COC(OC)c1ccc2ncn(-c3ccccc3C)c(=O)c2c1. The van der Waals surface area contributed by atoms with Crippen LogP contribution in [0.15, 0.2) is 53.6 Å². The molecule has 0 amide bonds. The summed E-state index contributed by atoms with van der Waals surface area (Å²) in [7, 11) is 3.13. The molecule has 0 bridgehead atoms. The lowest BCUT2D eigenvalue weighted by Crippen LogP contribution is -2.20. The van der Waals surface area contributed by atoms with Crippen LogP contribution in [-0.4, -0.2) is 23.8 Å². The predicted octanol–water partition coefficient (Wildman–Crippen LogP) is 2.99. The number of hydrogen-bond donors (Lipinski definition) is 0. The largest absolute Gasteiger partial charge is 0.352 e. The second-order valence-corrected chi connectivity index (χ2v) is 5.29. The van der Waals surface area contributed by atoms with E-state index in [1.807, 2.05) is 37.3 Å². The van der Waals surface area contributed by atoms with Gasteiger partial charge in [-0.15, -0.1) is 0 Å². The summed E-state index contributed by atoms with van der Waals surface area (Å²) in [4.78, 5) is 17.3. The average Bonchev–Trinajstić information content (AvgIpc) is 2.58. The molecule has 0 atom stereocenters. The van der Waals surface area contributed by atoms with Gasteiger partial charge in [0.15, 0.2) is 6.29 Å². The van der Waals surface area contributed by atoms with Gasteiger partial charge in [0, 0.05) is 19.8 Å². The summed E-state index contributed by atoms with van der Waals surface area (Å²) >= 11 is 0. The molecule has 0 aliphatic carbocycles. The lowest BCUT2D eigenvalue weighted by atomic mass is 10.1. The van der Waals surface area contributed by atoms with Crippen LogP contribution >= 0.6 is 0 Å². The summed E-state index contributed by atoms with van der Waals surface area (Å²) in [5, 5.41) is 0.535. The Labute approximate surface area is 134 Å². The summed E-state index contributed by atoms with van der Waals surface area (Å²) in [5.41, 5.74) is 3.15. The number of para-hydroxylation sites is 1. The highest BCUT2D eigenvalue weighted by molar-refractivity contribution is 5.78. The lowest BCUT2D eigenvalue weighted by Gasteiger charge is -2.14. The molecule has 5 heteroatoms. The molecule has 0 aliphatic rings. The number of aromatic nitrogens is 2. The lowest BCUT2D eigenvalue weighted by molar-refractivity contribution is -0.105. The van der Waals surface area contributed by atoms with Gasteiger partial charge < -0.3 is 9.47 Å². The Bertz CT molecular complexity index is 898. The minimum atomic E-state index is -0.508. The molecule has 1 aromatic heterocycles. The first kappa shape index (κ1) is 15.4. The third-order valence-electron chi connectivity index (χ3n) is 3.86. The minimum Gasteiger partial charge on any atom is -0.352 e. The van der Waals surface area contributed by atoms with E-state index in [1.54, 1.807) is 37.2 Å². The highest BCUT2D eigenvalue weighted by Crippen LogP contribution is 2.21. The van der Waals surface area contributed by atoms with Crippen molar-refractivity contribution in [2.75, 3.05) is 14.2 Å². The van der Waals surface area contributed by atoms with Crippen LogP contribution < -0.4 is 5.56 Å². The van der Waals surface area contributed by atoms with Gasteiger partial charge in [0.1, 0.15) is 6.33 Å². The van der Waals surface area contributed by atoms with E-state index in [0.29, 0.717) is 10.9 Å². The van der Waals surface area contributed by atoms with Crippen molar-refractivity contribution in [3.05, 3.63) is 70.3 Å². The standard InChI is InChI=1S/C18H18N2O3/c1-12-6-4-5-7-16(12)20-11-19-15-9-8-13(18(22-2)23-3)10-14(15)17(20)21/h4-11,18H,1-3H3. The van der Waals surface area contributed by atoms with Gasteiger partial charge in [-0.2, -0.15) is 0 Å². The Hall–Kier alpha value is -2.50. The fourth-order valence-corrected chi connectivity index (χ4v) is 2.66. The van der Waals surface area contributed by atoms with E-state index in [0.717, 1.165) is 16.8 Å². The summed E-state index contributed by atoms with van der Waals surface area (Å²) in [6.07, 6.45) is 1.06. The maximum Gasteiger partial charge on any atom is 0.265 e. The van der Waals surface area contributed by atoms with E-state index in [-0.39, 0.29) is 5.56 Å². The van der Waals surface area contributed by atoms with Crippen LogP contribution in [0.5, 0.6) is 0 Å². The number of ether oxygens (including phenoxy) is 2. The number of methoxy groups -OCH3 is 2. The molecule has 0 saturated carbocycles. The van der Waals surface area contributed by atoms with Gasteiger partial charge in [0.25, 0.3) is 5.56 Å². The second kappa shape index (κ2) is 6.32. The molecule has 0 aliphatic heterocycles. The van der Waals surface area contributed by atoms with Crippen molar-refractivity contribution in [1.29, 1.82) is 0 Å². The maximum absolute atomic E-state index is 12.9. The van der Waals surface area contributed by atoms with E-state index < -0.39 is 6.29 Å². The number of nitrogens with zero attached hydrogens (tertiary/aromatic N) is 2. The van der Waals surface area contributed by atoms with Crippen LogP contribution in [0.1, 0.15) is 17.4 Å². The van der Waals surface area contributed by atoms with E-state index >= 15 is 0 Å². The molecular weight excluding hydrogens is 292 g/mol. The third kappa shape index (κ3) is 2.76. The number of benzene rings is 2. The molecule has 0 radical (unpaired) electrons. The van der Waals surface area contributed by atoms with E-state index in [1.165, 1.54) is 0 Å². The molecule has 5 nitrogen and oxygen atoms in total. The van der Waals surface area contributed by atoms with E-state index in [4.69, 9.17) is 9.47 Å². The van der Waals surface area contributed by atoms with Crippen molar-refractivity contribution in [2.45, 2.75) is 13.2 Å². The van der Waals surface area contributed by atoms with Crippen molar-refractivity contribution in [3.63, 3.8) is 0 Å². The molecule has 0 saturated heterocycles. The van der Waals surface area contributed by atoms with Gasteiger partial charge in [-0.05, 0) is 30.7 Å². The first-order valence-corrected chi connectivity index (χ1v) is 7.28. The average molecular weight is 310 g/mol.